The van der Waals surface area contributed by atoms with Gasteiger partial charge in [-0.15, -0.1) is 0 Å². The first kappa shape index (κ1) is 12.1. The zero-order valence-corrected chi connectivity index (χ0v) is 11.2. The van der Waals surface area contributed by atoms with Crippen LogP contribution in [0.5, 0.6) is 0 Å². The summed E-state index contributed by atoms with van der Waals surface area (Å²) < 4.78 is 26.0. The van der Waals surface area contributed by atoms with Crippen LogP contribution in [-0.4, -0.2) is 24.5 Å². The van der Waals surface area contributed by atoms with Crippen molar-refractivity contribution in [3.8, 4) is 0 Å². The second-order valence-electron chi connectivity index (χ2n) is 4.42. The van der Waals surface area contributed by atoms with Gasteiger partial charge in [-0.2, -0.15) is 15.6 Å². The van der Waals surface area contributed by atoms with Crippen LogP contribution in [0.2, 0.25) is 0 Å². The van der Waals surface area contributed by atoms with Crippen LogP contribution in [0.15, 0.2) is 16.8 Å². The van der Waals surface area contributed by atoms with Gasteiger partial charge in [0.1, 0.15) is 0 Å². The van der Waals surface area contributed by atoms with Crippen molar-refractivity contribution in [2.75, 3.05) is 6.54 Å². The fraction of sp³-hybridized carbons (Fsp3) is 0.636. The maximum Gasteiger partial charge on any atom is 0.216 e. The molecule has 0 saturated carbocycles. The van der Waals surface area contributed by atoms with Gasteiger partial charge in [0, 0.05) is 6.54 Å². The van der Waals surface area contributed by atoms with E-state index in [0.29, 0.717) is 6.54 Å². The van der Waals surface area contributed by atoms with Gasteiger partial charge in [-0.25, -0.2) is 8.42 Å². The highest BCUT2D eigenvalue weighted by atomic mass is 32.2. The molecule has 0 N–H and O–H groups in total. The molecule has 0 bridgehead atoms. The molecule has 1 aromatic rings. The zero-order chi connectivity index (χ0) is 11.8. The predicted molar refractivity (Wildman–Crippen MR) is 67.1 cm³/mol. The maximum atomic E-state index is 12.2. The summed E-state index contributed by atoms with van der Waals surface area (Å²) in [7, 11) is -3.11. The highest BCUT2D eigenvalue weighted by Gasteiger charge is 2.36. The zero-order valence-electron chi connectivity index (χ0n) is 9.59. The van der Waals surface area contributed by atoms with Crippen LogP contribution in [0.3, 0.4) is 0 Å². The van der Waals surface area contributed by atoms with E-state index in [9.17, 15) is 8.42 Å². The fourth-order valence-electron chi connectivity index (χ4n) is 2.11. The molecule has 1 aliphatic heterocycles. The van der Waals surface area contributed by atoms with Crippen LogP contribution >= 0.6 is 11.3 Å². The average molecular weight is 259 g/mol. The average Bonchev–Trinajstić information content (AvgIpc) is 2.88. The van der Waals surface area contributed by atoms with E-state index in [0.717, 1.165) is 18.4 Å². The first-order valence-electron chi connectivity index (χ1n) is 5.56. The molecule has 16 heavy (non-hydrogen) atoms. The Hall–Kier alpha value is -0.390. The third kappa shape index (κ3) is 2.04. The Labute approximate surface area is 101 Å². The molecule has 0 aromatic carbocycles. The normalized spacial score (nSPS) is 23.1. The van der Waals surface area contributed by atoms with Crippen molar-refractivity contribution < 1.29 is 8.42 Å². The number of hydrogen-bond acceptors (Lipinski definition) is 3. The highest BCUT2D eigenvalue weighted by Crippen LogP contribution is 2.36. The molecular formula is C11H17NO2S2. The van der Waals surface area contributed by atoms with E-state index in [2.05, 4.69) is 5.38 Å². The Morgan fingerprint density at radius 2 is 2.25 bits per heavy atom. The first-order chi connectivity index (χ1) is 7.53. The molecule has 2 heterocycles. The van der Waals surface area contributed by atoms with Crippen molar-refractivity contribution in [3.63, 3.8) is 0 Å². The molecule has 0 radical (unpaired) electrons. The van der Waals surface area contributed by atoms with E-state index in [4.69, 9.17) is 0 Å². The van der Waals surface area contributed by atoms with E-state index in [1.165, 1.54) is 0 Å². The lowest BCUT2D eigenvalue weighted by Gasteiger charge is -2.25. The van der Waals surface area contributed by atoms with Gasteiger partial charge in [0.05, 0.1) is 11.3 Å². The highest BCUT2D eigenvalue weighted by molar-refractivity contribution is 7.89. The molecule has 1 aliphatic rings. The molecule has 1 atom stereocenters. The summed E-state index contributed by atoms with van der Waals surface area (Å²) in [6.45, 7) is 4.16. The summed E-state index contributed by atoms with van der Waals surface area (Å²) >= 11 is 1.63. The number of sulfonamides is 1. The minimum Gasteiger partial charge on any atom is -0.212 e. The molecule has 1 saturated heterocycles. The molecule has 1 aromatic heterocycles. The SMILES string of the molecule is CC(C)S(=O)(=O)N1CCCC1c1ccsc1. The van der Waals surface area contributed by atoms with Crippen molar-refractivity contribution in [3.05, 3.63) is 22.4 Å². The van der Waals surface area contributed by atoms with Gasteiger partial charge in [-0.3, -0.25) is 0 Å². The summed E-state index contributed by atoms with van der Waals surface area (Å²) in [4.78, 5) is 0. The van der Waals surface area contributed by atoms with E-state index in [1.807, 2.05) is 11.4 Å². The van der Waals surface area contributed by atoms with E-state index >= 15 is 0 Å². The van der Waals surface area contributed by atoms with Crippen LogP contribution in [0.25, 0.3) is 0 Å². The minimum absolute atomic E-state index is 0.0682. The van der Waals surface area contributed by atoms with Crippen molar-refractivity contribution in [1.82, 2.24) is 4.31 Å². The topological polar surface area (TPSA) is 37.4 Å². The third-order valence-electron chi connectivity index (χ3n) is 3.05. The van der Waals surface area contributed by atoms with E-state index in [-0.39, 0.29) is 11.3 Å². The lowest BCUT2D eigenvalue weighted by Crippen LogP contribution is -2.35. The van der Waals surface area contributed by atoms with Gasteiger partial charge < -0.3 is 0 Å². The van der Waals surface area contributed by atoms with E-state index in [1.54, 1.807) is 29.5 Å². The Morgan fingerprint density at radius 3 is 2.81 bits per heavy atom. The van der Waals surface area contributed by atoms with Crippen LogP contribution in [0, 0.1) is 0 Å². The van der Waals surface area contributed by atoms with Gasteiger partial charge in [-0.05, 0) is 49.1 Å². The van der Waals surface area contributed by atoms with Crippen LogP contribution in [-0.2, 0) is 10.0 Å². The van der Waals surface area contributed by atoms with Crippen molar-refractivity contribution in [2.24, 2.45) is 0 Å². The van der Waals surface area contributed by atoms with Crippen LogP contribution in [0.4, 0.5) is 0 Å². The minimum atomic E-state index is -3.11. The molecule has 90 valence electrons. The molecule has 3 nitrogen and oxygen atoms in total. The molecule has 2 rings (SSSR count). The van der Waals surface area contributed by atoms with Crippen LogP contribution < -0.4 is 0 Å². The van der Waals surface area contributed by atoms with E-state index < -0.39 is 10.0 Å². The molecule has 0 aliphatic carbocycles. The molecule has 5 heteroatoms. The Balaban J connectivity index is 2.29. The summed E-state index contributed by atoms with van der Waals surface area (Å²) in [5, 5.41) is 3.74. The Morgan fingerprint density at radius 1 is 1.50 bits per heavy atom. The Kier molecular flexibility index (Phi) is 3.37. The standard InChI is InChI=1S/C11H17NO2S2/c1-9(2)16(13,14)12-6-3-4-11(12)10-5-7-15-8-10/h5,7-9,11H,3-4,6H2,1-2H3. The number of rotatable bonds is 3. The van der Waals surface area contributed by atoms with Gasteiger partial charge in [0.25, 0.3) is 0 Å². The number of thiophene rings is 1. The third-order valence-corrected chi connectivity index (χ3v) is 6.04. The first-order valence-corrected chi connectivity index (χ1v) is 8.01. The second kappa shape index (κ2) is 4.47. The van der Waals surface area contributed by atoms with Gasteiger partial charge >= 0.3 is 0 Å². The number of nitrogens with zero attached hydrogens (tertiary/aromatic N) is 1. The monoisotopic (exact) mass is 259 g/mol. The van der Waals surface area contributed by atoms with Gasteiger partial charge in [0.2, 0.25) is 10.0 Å². The molecule has 0 spiro atoms. The summed E-state index contributed by atoms with van der Waals surface area (Å²) in [5.41, 5.74) is 1.15. The molecule has 1 fully saturated rings. The van der Waals surface area contributed by atoms with Crippen LogP contribution in [0.1, 0.15) is 38.3 Å². The van der Waals surface area contributed by atoms with Crippen molar-refractivity contribution in [2.45, 2.75) is 38.0 Å². The smallest absolute Gasteiger partial charge is 0.212 e. The molecular weight excluding hydrogens is 242 g/mol. The predicted octanol–water partition coefficient (Wildman–Crippen LogP) is 2.62. The summed E-state index contributed by atoms with van der Waals surface area (Å²) in [6, 6.07) is 2.10. The lowest BCUT2D eigenvalue weighted by atomic mass is 10.1. The maximum absolute atomic E-state index is 12.2. The second-order valence-corrected chi connectivity index (χ2v) is 7.64. The Bertz CT molecular complexity index is 437. The molecule has 0 amide bonds. The summed E-state index contributed by atoms with van der Waals surface area (Å²) in [5.74, 6) is 0. The largest absolute Gasteiger partial charge is 0.216 e. The summed E-state index contributed by atoms with van der Waals surface area (Å²) in [6.07, 6.45) is 1.91. The lowest BCUT2D eigenvalue weighted by molar-refractivity contribution is 0.393. The van der Waals surface area contributed by atoms with Crippen molar-refractivity contribution in [1.29, 1.82) is 0 Å². The van der Waals surface area contributed by atoms with Gasteiger partial charge in [0.15, 0.2) is 0 Å². The quantitative estimate of drug-likeness (QED) is 0.837. The number of hydrogen-bond donors (Lipinski definition) is 0. The molecule has 1 unspecified atom stereocenters. The fourth-order valence-corrected chi connectivity index (χ4v) is 4.33. The van der Waals surface area contributed by atoms with Gasteiger partial charge in [-0.1, -0.05) is 0 Å². The van der Waals surface area contributed by atoms with Crippen molar-refractivity contribution >= 4 is 21.4 Å².